The minimum atomic E-state index is -0.234. The van der Waals surface area contributed by atoms with Crippen molar-refractivity contribution in [2.75, 3.05) is 0 Å². The number of halogens is 2. The first kappa shape index (κ1) is 12.5. The van der Waals surface area contributed by atoms with Crippen molar-refractivity contribution in [2.45, 2.75) is 12.5 Å². The van der Waals surface area contributed by atoms with Crippen LogP contribution in [0.15, 0.2) is 30.6 Å². The highest BCUT2D eigenvalue weighted by molar-refractivity contribution is 14.1. The molecule has 0 aliphatic carbocycles. The zero-order valence-electron chi connectivity index (χ0n) is 9.40. The van der Waals surface area contributed by atoms with E-state index in [1.54, 1.807) is 12.3 Å². The molecule has 0 fully saturated rings. The standard InChI is InChI=1S/C12H13FIN3/c1-17-5-4-16-12(17)7-11(15)9-3-2-8(13)6-10(9)14/h2-6,11H,7,15H2,1H3. The molecule has 1 unspecified atom stereocenters. The molecule has 0 aliphatic rings. The van der Waals surface area contributed by atoms with Gasteiger partial charge in [0.05, 0.1) is 0 Å². The monoisotopic (exact) mass is 345 g/mol. The normalized spacial score (nSPS) is 12.7. The minimum absolute atomic E-state index is 0.163. The molecule has 0 saturated heterocycles. The lowest BCUT2D eigenvalue weighted by atomic mass is 10.0. The van der Waals surface area contributed by atoms with Gasteiger partial charge in [-0.3, -0.25) is 0 Å². The summed E-state index contributed by atoms with van der Waals surface area (Å²) >= 11 is 2.10. The van der Waals surface area contributed by atoms with Crippen molar-refractivity contribution in [3.05, 3.63) is 51.4 Å². The number of benzene rings is 1. The van der Waals surface area contributed by atoms with Crippen LogP contribution in [0.2, 0.25) is 0 Å². The average Bonchev–Trinajstić information content (AvgIpc) is 2.64. The van der Waals surface area contributed by atoms with Crippen molar-refractivity contribution in [2.24, 2.45) is 12.8 Å². The number of hydrogen-bond acceptors (Lipinski definition) is 2. The molecule has 17 heavy (non-hydrogen) atoms. The lowest BCUT2D eigenvalue weighted by Gasteiger charge is -2.13. The number of imidazole rings is 1. The maximum atomic E-state index is 13.0. The van der Waals surface area contributed by atoms with Crippen molar-refractivity contribution in [1.29, 1.82) is 0 Å². The quantitative estimate of drug-likeness (QED) is 0.869. The molecule has 5 heteroatoms. The molecular formula is C12H13FIN3. The fourth-order valence-corrected chi connectivity index (χ4v) is 2.58. The van der Waals surface area contributed by atoms with Gasteiger partial charge in [0.2, 0.25) is 0 Å². The van der Waals surface area contributed by atoms with Gasteiger partial charge in [0.15, 0.2) is 0 Å². The lowest BCUT2D eigenvalue weighted by molar-refractivity contribution is 0.619. The van der Waals surface area contributed by atoms with Crippen LogP contribution in [0.25, 0.3) is 0 Å². The van der Waals surface area contributed by atoms with Gasteiger partial charge in [-0.05, 0) is 40.3 Å². The summed E-state index contributed by atoms with van der Waals surface area (Å²) in [6.45, 7) is 0. The van der Waals surface area contributed by atoms with Crippen molar-refractivity contribution < 1.29 is 4.39 Å². The van der Waals surface area contributed by atoms with E-state index < -0.39 is 0 Å². The van der Waals surface area contributed by atoms with Crippen LogP contribution in [0, 0.1) is 9.39 Å². The van der Waals surface area contributed by atoms with Gasteiger partial charge in [-0.15, -0.1) is 0 Å². The third-order valence-electron chi connectivity index (χ3n) is 2.69. The van der Waals surface area contributed by atoms with Gasteiger partial charge >= 0.3 is 0 Å². The van der Waals surface area contributed by atoms with Gasteiger partial charge < -0.3 is 10.3 Å². The van der Waals surface area contributed by atoms with Crippen LogP contribution in [0.3, 0.4) is 0 Å². The summed E-state index contributed by atoms with van der Waals surface area (Å²) in [4.78, 5) is 4.23. The molecule has 0 amide bonds. The first-order valence-corrected chi connectivity index (χ1v) is 6.32. The molecule has 2 rings (SSSR count). The molecule has 0 aliphatic heterocycles. The van der Waals surface area contributed by atoms with Crippen LogP contribution in [-0.4, -0.2) is 9.55 Å². The molecule has 0 radical (unpaired) electrons. The lowest BCUT2D eigenvalue weighted by Crippen LogP contribution is -2.17. The van der Waals surface area contributed by atoms with E-state index in [0.29, 0.717) is 6.42 Å². The summed E-state index contributed by atoms with van der Waals surface area (Å²) in [7, 11) is 1.94. The van der Waals surface area contributed by atoms with Gasteiger partial charge in [0, 0.05) is 35.5 Å². The van der Waals surface area contributed by atoms with E-state index in [1.165, 1.54) is 12.1 Å². The summed E-state index contributed by atoms with van der Waals surface area (Å²) in [5, 5.41) is 0. The molecule has 1 aromatic heterocycles. The Hall–Kier alpha value is -0.950. The molecule has 3 nitrogen and oxygen atoms in total. The number of aromatic nitrogens is 2. The van der Waals surface area contributed by atoms with Crippen molar-refractivity contribution in [3.63, 3.8) is 0 Å². The molecule has 1 atom stereocenters. The van der Waals surface area contributed by atoms with Gasteiger partial charge in [0.1, 0.15) is 11.6 Å². The minimum Gasteiger partial charge on any atom is -0.338 e. The Morgan fingerprint density at radius 1 is 1.53 bits per heavy atom. The van der Waals surface area contributed by atoms with Gasteiger partial charge in [-0.1, -0.05) is 6.07 Å². The topological polar surface area (TPSA) is 43.8 Å². The first-order valence-electron chi connectivity index (χ1n) is 5.24. The van der Waals surface area contributed by atoms with E-state index in [4.69, 9.17) is 5.73 Å². The summed E-state index contributed by atoms with van der Waals surface area (Å²) in [6.07, 6.45) is 4.28. The largest absolute Gasteiger partial charge is 0.338 e. The summed E-state index contributed by atoms with van der Waals surface area (Å²) < 4.78 is 15.8. The summed E-state index contributed by atoms with van der Waals surface area (Å²) in [5.74, 6) is 0.694. The third kappa shape index (κ3) is 2.84. The molecule has 2 N–H and O–H groups in total. The van der Waals surface area contributed by atoms with Crippen molar-refractivity contribution in [1.82, 2.24) is 9.55 Å². The molecule has 0 bridgehead atoms. The van der Waals surface area contributed by atoms with Crippen molar-refractivity contribution >= 4 is 22.6 Å². The second-order valence-electron chi connectivity index (χ2n) is 3.93. The molecule has 90 valence electrons. The molecule has 0 saturated carbocycles. The van der Waals surface area contributed by atoms with Crippen LogP contribution in [0.5, 0.6) is 0 Å². The Bertz CT molecular complexity index is 524. The van der Waals surface area contributed by atoms with E-state index >= 15 is 0 Å². The van der Waals surface area contributed by atoms with Gasteiger partial charge in [-0.2, -0.15) is 0 Å². The number of hydrogen-bond donors (Lipinski definition) is 1. The maximum Gasteiger partial charge on any atom is 0.124 e. The van der Waals surface area contributed by atoms with Crippen LogP contribution in [0.4, 0.5) is 4.39 Å². The van der Waals surface area contributed by atoms with E-state index in [0.717, 1.165) is 15.0 Å². The third-order valence-corrected chi connectivity index (χ3v) is 3.62. The molecular weight excluding hydrogens is 332 g/mol. The Morgan fingerprint density at radius 2 is 2.29 bits per heavy atom. The Labute approximate surface area is 113 Å². The summed E-state index contributed by atoms with van der Waals surface area (Å²) in [6, 6.07) is 4.51. The molecule has 1 aromatic carbocycles. The van der Waals surface area contributed by atoms with Crippen molar-refractivity contribution in [3.8, 4) is 0 Å². The zero-order chi connectivity index (χ0) is 12.4. The van der Waals surface area contributed by atoms with E-state index in [9.17, 15) is 4.39 Å². The van der Waals surface area contributed by atoms with Crippen LogP contribution in [0.1, 0.15) is 17.4 Å². The Kier molecular flexibility index (Phi) is 3.78. The van der Waals surface area contributed by atoms with Crippen LogP contribution >= 0.6 is 22.6 Å². The van der Waals surface area contributed by atoms with Crippen LogP contribution < -0.4 is 5.73 Å². The second kappa shape index (κ2) is 5.14. The highest BCUT2D eigenvalue weighted by Gasteiger charge is 2.13. The second-order valence-corrected chi connectivity index (χ2v) is 5.09. The predicted octanol–water partition coefficient (Wildman–Crippen LogP) is 2.41. The maximum absolute atomic E-state index is 13.0. The SMILES string of the molecule is Cn1ccnc1CC(N)c1ccc(F)cc1I. The van der Waals surface area contributed by atoms with Crippen LogP contribution in [-0.2, 0) is 13.5 Å². The average molecular weight is 345 g/mol. The number of nitrogens with two attached hydrogens (primary N) is 1. The van der Waals surface area contributed by atoms with E-state index in [1.807, 2.05) is 17.8 Å². The molecule has 1 heterocycles. The fraction of sp³-hybridized carbons (Fsp3) is 0.250. The number of rotatable bonds is 3. The number of nitrogens with zero attached hydrogens (tertiary/aromatic N) is 2. The fourth-order valence-electron chi connectivity index (χ4n) is 1.70. The van der Waals surface area contributed by atoms with Gasteiger partial charge in [-0.25, -0.2) is 9.37 Å². The van der Waals surface area contributed by atoms with Gasteiger partial charge in [0.25, 0.3) is 0 Å². The Balaban J connectivity index is 2.20. The van der Waals surface area contributed by atoms with E-state index in [2.05, 4.69) is 27.6 Å². The zero-order valence-corrected chi connectivity index (χ0v) is 11.6. The summed E-state index contributed by atoms with van der Waals surface area (Å²) in [5.41, 5.74) is 7.08. The first-order chi connectivity index (χ1) is 8.08. The highest BCUT2D eigenvalue weighted by atomic mass is 127. The Morgan fingerprint density at radius 3 is 2.88 bits per heavy atom. The highest BCUT2D eigenvalue weighted by Crippen LogP contribution is 2.21. The molecule has 2 aromatic rings. The van der Waals surface area contributed by atoms with E-state index in [-0.39, 0.29) is 11.9 Å². The molecule has 0 spiro atoms. The smallest absolute Gasteiger partial charge is 0.124 e. The predicted molar refractivity (Wildman–Crippen MR) is 73.0 cm³/mol. The number of aryl methyl sites for hydroxylation is 1.